The standard InChI is InChI=1S/C3H3N3S3/c4-3(7)9-2-1-8-6-5-2/h1H,(H2,4,7). The van der Waals surface area contributed by atoms with Crippen LogP contribution in [-0.2, 0) is 0 Å². The van der Waals surface area contributed by atoms with Crippen molar-refractivity contribution in [2.45, 2.75) is 5.03 Å². The molecule has 6 heteroatoms. The summed E-state index contributed by atoms with van der Waals surface area (Å²) in [6.07, 6.45) is 0. The summed E-state index contributed by atoms with van der Waals surface area (Å²) in [7, 11) is 0. The third-order valence-corrected chi connectivity index (χ3v) is 2.06. The van der Waals surface area contributed by atoms with Crippen LogP contribution >= 0.6 is 35.5 Å². The van der Waals surface area contributed by atoms with E-state index in [1.807, 2.05) is 0 Å². The Morgan fingerprint density at radius 1 is 1.89 bits per heavy atom. The Morgan fingerprint density at radius 2 is 2.67 bits per heavy atom. The highest BCUT2D eigenvalue weighted by molar-refractivity contribution is 8.22. The lowest BCUT2D eigenvalue weighted by atomic mass is 11.0. The maximum atomic E-state index is 5.21. The van der Waals surface area contributed by atoms with Crippen LogP contribution in [0.25, 0.3) is 0 Å². The molecule has 0 spiro atoms. The maximum Gasteiger partial charge on any atom is 0.138 e. The van der Waals surface area contributed by atoms with Gasteiger partial charge in [-0.05, 0) is 23.3 Å². The van der Waals surface area contributed by atoms with E-state index >= 15 is 0 Å². The lowest BCUT2D eigenvalue weighted by Crippen LogP contribution is -2.00. The second-order valence-electron chi connectivity index (χ2n) is 1.16. The molecule has 3 nitrogen and oxygen atoms in total. The number of aromatic nitrogens is 2. The predicted molar refractivity (Wildman–Crippen MR) is 42.6 cm³/mol. The summed E-state index contributed by atoms with van der Waals surface area (Å²) in [6, 6.07) is 0. The molecule has 0 radical (unpaired) electrons. The molecule has 9 heavy (non-hydrogen) atoms. The quantitative estimate of drug-likeness (QED) is 0.509. The molecule has 0 saturated carbocycles. The Hall–Kier alpha value is -0.200. The molecule has 1 aromatic heterocycles. The van der Waals surface area contributed by atoms with E-state index in [0.717, 1.165) is 5.03 Å². The number of thioether (sulfide) groups is 1. The monoisotopic (exact) mass is 177 g/mol. The first-order valence-electron chi connectivity index (χ1n) is 2.03. The Bertz CT molecular complexity index is 194. The van der Waals surface area contributed by atoms with E-state index in [0.29, 0.717) is 4.32 Å². The predicted octanol–water partition coefficient (Wildman–Crippen LogP) is 0.874. The highest BCUT2D eigenvalue weighted by Gasteiger charge is 1.96. The Morgan fingerprint density at radius 3 is 3.11 bits per heavy atom. The van der Waals surface area contributed by atoms with Gasteiger partial charge in [0.25, 0.3) is 0 Å². The van der Waals surface area contributed by atoms with Gasteiger partial charge in [0.2, 0.25) is 0 Å². The second kappa shape index (κ2) is 3.09. The smallest absolute Gasteiger partial charge is 0.138 e. The van der Waals surface area contributed by atoms with Gasteiger partial charge in [0.1, 0.15) is 9.35 Å². The van der Waals surface area contributed by atoms with Crippen LogP contribution in [0.3, 0.4) is 0 Å². The van der Waals surface area contributed by atoms with Gasteiger partial charge in [-0.3, -0.25) is 0 Å². The van der Waals surface area contributed by atoms with Crippen LogP contribution in [0.1, 0.15) is 0 Å². The van der Waals surface area contributed by atoms with Crippen LogP contribution in [-0.4, -0.2) is 13.9 Å². The summed E-state index contributed by atoms with van der Waals surface area (Å²) in [5, 5.41) is 6.29. The molecule has 2 N–H and O–H groups in total. The van der Waals surface area contributed by atoms with E-state index in [9.17, 15) is 0 Å². The summed E-state index contributed by atoms with van der Waals surface area (Å²) < 4.78 is 4.01. The van der Waals surface area contributed by atoms with Crippen molar-refractivity contribution in [3.05, 3.63) is 5.38 Å². The van der Waals surface area contributed by atoms with E-state index < -0.39 is 0 Å². The van der Waals surface area contributed by atoms with Crippen molar-refractivity contribution in [2.75, 3.05) is 0 Å². The number of hydrogen-bond donors (Lipinski definition) is 1. The highest BCUT2D eigenvalue weighted by atomic mass is 32.2. The topological polar surface area (TPSA) is 51.8 Å². The van der Waals surface area contributed by atoms with E-state index in [4.69, 9.17) is 5.73 Å². The second-order valence-corrected chi connectivity index (χ2v) is 3.53. The fraction of sp³-hybridized carbons (Fsp3) is 0. The average Bonchev–Trinajstić information content (AvgIpc) is 2.15. The van der Waals surface area contributed by atoms with E-state index in [-0.39, 0.29) is 0 Å². The fourth-order valence-corrected chi connectivity index (χ4v) is 1.54. The molecular formula is C3H3N3S3. The largest absolute Gasteiger partial charge is 0.384 e. The molecule has 0 aliphatic carbocycles. The van der Waals surface area contributed by atoms with Crippen LogP contribution in [0, 0.1) is 0 Å². The van der Waals surface area contributed by atoms with Crippen molar-refractivity contribution in [3.63, 3.8) is 0 Å². The Labute approximate surface area is 65.8 Å². The normalized spacial score (nSPS) is 9.33. The van der Waals surface area contributed by atoms with Crippen molar-refractivity contribution in [2.24, 2.45) is 5.73 Å². The summed E-state index contributed by atoms with van der Waals surface area (Å²) in [4.78, 5) is 0. The first kappa shape index (κ1) is 6.91. The highest BCUT2D eigenvalue weighted by Crippen LogP contribution is 2.14. The van der Waals surface area contributed by atoms with Gasteiger partial charge in [0, 0.05) is 5.38 Å². The Balaban J connectivity index is 2.58. The molecule has 0 aromatic carbocycles. The molecule has 0 amide bonds. The van der Waals surface area contributed by atoms with E-state index in [2.05, 4.69) is 21.8 Å². The summed E-state index contributed by atoms with van der Waals surface area (Å²) in [5.74, 6) is 0. The lowest BCUT2D eigenvalue weighted by molar-refractivity contribution is 1.04. The van der Waals surface area contributed by atoms with Crippen molar-refractivity contribution in [1.29, 1.82) is 0 Å². The van der Waals surface area contributed by atoms with Crippen LogP contribution in [0.5, 0.6) is 0 Å². The van der Waals surface area contributed by atoms with Gasteiger partial charge in [0.05, 0.1) is 0 Å². The zero-order valence-electron chi connectivity index (χ0n) is 4.27. The SMILES string of the molecule is NC(=S)Sc1csnn1. The minimum atomic E-state index is 0.378. The average molecular weight is 177 g/mol. The zero-order valence-corrected chi connectivity index (χ0v) is 6.72. The molecule has 0 saturated heterocycles. The van der Waals surface area contributed by atoms with Crippen LogP contribution < -0.4 is 5.73 Å². The first-order valence-corrected chi connectivity index (χ1v) is 4.09. The third-order valence-electron chi connectivity index (χ3n) is 0.545. The molecule has 0 aliphatic heterocycles. The fourth-order valence-electron chi connectivity index (χ4n) is 0.304. The van der Waals surface area contributed by atoms with Gasteiger partial charge in [-0.2, -0.15) is 0 Å². The lowest BCUT2D eigenvalue weighted by Gasteiger charge is -1.86. The summed E-state index contributed by atoms with van der Waals surface area (Å²) in [5.41, 5.74) is 5.21. The van der Waals surface area contributed by atoms with Crippen molar-refractivity contribution in [1.82, 2.24) is 9.59 Å². The molecular weight excluding hydrogens is 174 g/mol. The Kier molecular flexibility index (Phi) is 2.38. The molecule has 0 unspecified atom stereocenters. The van der Waals surface area contributed by atoms with Gasteiger partial charge in [-0.1, -0.05) is 16.7 Å². The molecule has 1 heterocycles. The van der Waals surface area contributed by atoms with E-state index in [1.54, 1.807) is 5.38 Å². The minimum Gasteiger partial charge on any atom is -0.384 e. The zero-order chi connectivity index (χ0) is 6.69. The number of thiocarbonyl (C=S) groups is 1. The number of rotatable bonds is 1. The number of hydrogen-bond acceptors (Lipinski definition) is 5. The summed E-state index contributed by atoms with van der Waals surface area (Å²) >= 11 is 7.16. The van der Waals surface area contributed by atoms with Gasteiger partial charge < -0.3 is 5.73 Å². The van der Waals surface area contributed by atoms with Gasteiger partial charge >= 0.3 is 0 Å². The van der Waals surface area contributed by atoms with Crippen molar-refractivity contribution < 1.29 is 0 Å². The molecule has 1 aromatic rings. The maximum absolute atomic E-state index is 5.21. The van der Waals surface area contributed by atoms with E-state index in [1.165, 1.54) is 23.3 Å². The molecule has 1 rings (SSSR count). The van der Waals surface area contributed by atoms with Gasteiger partial charge in [-0.15, -0.1) is 5.10 Å². The number of nitrogens with zero attached hydrogens (tertiary/aromatic N) is 2. The molecule has 0 atom stereocenters. The molecule has 0 bridgehead atoms. The van der Waals surface area contributed by atoms with Crippen LogP contribution in [0.2, 0.25) is 0 Å². The first-order chi connectivity index (χ1) is 4.29. The van der Waals surface area contributed by atoms with Crippen molar-refractivity contribution >= 4 is 39.8 Å². The molecule has 0 fully saturated rings. The van der Waals surface area contributed by atoms with Crippen LogP contribution in [0.15, 0.2) is 10.4 Å². The third kappa shape index (κ3) is 2.25. The number of nitrogens with two attached hydrogens (primary N) is 1. The molecule has 0 aliphatic rings. The molecule has 48 valence electrons. The van der Waals surface area contributed by atoms with Crippen LogP contribution in [0.4, 0.5) is 0 Å². The van der Waals surface area contributed by atoms with Crippen molar-refractivity contribution in [3.8, 4) is 0 Å². The minimum absolute atomic E-state index is 0.378. The summed E-state index contributed by atoms with van der Waals surface area (Å²) in [6.45, 7) is 0. The van der Waals surface area contributed by atoms with Gasteiger partial charge in [-0.25, -0.2) is 0 Å². The van der Waals surface area contributed by atoms with Gasteiger partial charge in [0.15, 0.2) is 0 Å².